The number of hydrogen-bond donors (Lipinski definition) is 0. The predicted octanol–water partition coefficient (Wildman–Crippen LogP) is -2.80. The predicted molar refractivity (Wildman–Crippen MR) is 126 cm³/mol. The van der Waals surface area contributed by atoms with E-state index >= 15 is 0 Å². The topological polar surface area (TPSA) is 0 Å². The lowest BCUT2D eigenvalue weighted by molar-refractivity contribution is 0.828. The first kappa shape index (κ1) is 19.1. The second kappa shape index (κ2) is 6.94. The molecule has 2 aromatic rings. The fourth-order valence-electron chi connectivity index (χ4n) is 3.86. The Labute approximate surface area is 153 Å². The molecule has 0 bridgehead atoms. The van der Waals surface area contributed by atoms with Crippen LogP contribution in [0.2, 0.25) is 0 Å². The molecule has 0 saturated carbocycles. The zero-order valence-corrected chi connectivity index (χ0v) is 17.3. The Bertz CT molecular complexity index is 762. The maximum absolute atomic E-state index is 2.44. The summed E-state index contributed by atoms with van der Waals surface area (Å²) in [5.41, 5.74) is 14.5. The Morgan fingerprint density at radius 3 is 1.54 bits per heavy atom. The number of hydrogen-bond acceptors (Lipinski definition) is 0. The third-order valence-electron chi connectivity index (χ3n) is 6.03. The normalized spacial score (nSPS) is 11.5. The van der Waals surface area contributed by atoms with Gasteiger partial charge in [-0.2, -0.15) is 0 Å². The van der Waals surface area contributed by atoms with Gasteiger partial charge in [0.1, 0.15) is 39.2 Å². The Hall–Kier alpha value is -1.24. The largest absolute Gasteiger partial charge is 0.139 e. The average Bonchev–Trinajstić information content (AvgIpc) is 2.52. The molecule has 0 amide bonds. The lowest BCUT2D eigenvalue weighted by atomic mass is 9.59. The highest BCUT2D eigenvalue weighted by Gasteiger charge is 2.18. The maximum Gasteiger partial charge on any atom is 0.139 e. The third-order valence-corrected chi connectivity index (χ3v) is 6.03. The molecule has 0 spiro atoms. The van der Waals surface area contributed by atoms with Gasteiger partial charge in [0, 0.05) is 0 Å². The lowest BCUT2D eigenvalue weighted by Crippen LogP contribution is -2.55. The van der Waals surface area contributed by atoms with Crippen molar-refractivity contribution in [1.29, 1.82) is 0 Å². The molecular weight excluding hydrogens is 282 g/mol. The molecule has 0 aliphatic carbocycles. The molecule has 0 unspecified atom stereocenters. The van der Waals surface area contributed by atoms with Crippen molar-refractivity contribution in [2.75, 3.05) is 0 Å². The van der Waals surface area contributed by atoms with E-state index in [1.807, 2.05) is 0 Å². The molecule has 2 rings (SSSR count). The van der Waals surface area contributed by atoms with Crippen LogP contribution in [0.5, 0.6) is 0 Å². The zero-order chi connectivity index (χ0) is 18.3. The van der Waals surface area contributed by atoms with Gasteiger partial charge in [0.05, 0.1) is 0 Å². The molecule has 0 radical (unpaired) electrons. The van der Waals surface area contributed by atoms with Gasteiger partial charge in [-0.1, -0.05) is 50.8 Å². The van der Waals surface area contributed by atoms with Gasteiger partial charge < -0.3 is 0 Å². The molecule has 0 aromatic heterocycles. The van der Waals surface area contributed by atoms with Crippen LogP contribution in [0.3, 0.4) is 0 Å². The molecule has 0 aliphatic heterocycles. The van der Waals surface area contributed by atoms with Gasteiger partial charge in [-0.25, -0.2) is 0 Å². The van der Waals surface area contributed by atoms with Crippen LogP contribution in [0.25, 0.3) is 11.1 Å². The van der Waals surface area contributed by atoms with Gasteiger partial charge in [0.15, 0.2) is 0 Å². The van der Waals surface area contributed by atoms with Crippen molar-refractivity contribution in [2.45, 2.75) is 46.5 Å². The standard InChI is InChI=1S/C19H29B5/c1-8(2)11-6-12(9(3)4)10(5)13(7-11)14-15(20)17(22)19(24)18(23)16(14)21/h6-9H,20-24H2,1-5H3. The Morgan fingerprint density at radius 2 is 1.12 bits per heavy atom. The summed E-state index contributed by atoms with van der Waals surface area (Å²) < 4.78 is 0. The van der Waals surface area contributed by atoms with Gasteiger partial charge in [-0.05, 0) is 46.6 Å². The first-order valence-electron chi connectivity index (χ1n) is 9.29. The number of benzene rings is 2. The molecule has 0 atom stereocenters. The summed E-state index contributed by atoms with van der Waals surface area (Å²) >= 11 is 0. The van der Waals surface area contributed by atoms with Gasteiger partial charge >= 0.3 is 0 Å². The van der Waals surface area contributed by atoms with Crippen LogP contribution in [0.1, 0.15) is 56.2 Å². The van der Waals surface area contributed by atoms with E-state index in [1.54, 1.807) is 0 Å². The minimum Gasteiger partial charge on any atom is -0.102 e. The van der Waals surface area contributed by atoms with E-state index < -0.39 is 0 Å². The summed E-state index contributed by atoms with van der Waals surface area (Å²) in [7, 11) is 11.4. The molecule has 0 heterocycles. The van der Waals surface area contributed by atoms with Crippen LogP contribution >= 0.6 is 0 Å². The average molecular weight is 312 g/mol. The molecule has 120 valence electrons. The fraction of sp³-hybridized carbons (Fsp3) is 0.368. The quantitative estimate of drug-likeness (QED) is 0.538. The molecule has 2 aromatic carbocycles. The second-order valence-corrected chi connectivity index (χ2v) is 8.09. The molecule has 0 fully saturated rings. The summed E-state index contributed by atoms with van der Waals surface area (Å²) in [6, 6.07) is 4.86. The molecule has 0 saturated heterocycles. The van der Waals surface area contributed by atoms with Crippen LogP contribution in [0, 0.1) is 6.92 Å². The summed E-state index contributed by atoms with van der Waals surface area (Å²) in [4.78, 5) is 0. The van der Waals surface area contributed by atoms with Gasteiger partial charge in [-0.3, -0.25) is 0 Å². The van der Waals surface area contributed by atoms with Gasteiger partial charge in [0.2, 0.25) is 0 Å². The molecule has 24 heavy (non-hydrogen) atoms. The van der Waals surface area contributed by atoms with E-state index in [1.165, 1.54) is 55.1 Å². The molecular formula is C19H29B5. The van der Waals surface area contributed by atoms with Gasteiger partial charge in [-0.15, -0.1) is 16.4 Å². The summed E-state index contributed by atoms with van der Waals surface area (Å²) in [5.74, 6) is 1.10. The summed E-state index contributed by atoms with van der Waals surface area (Å²) in [6.45, 7) is 11.5. The zero-order valence-electron chi connectivity index (χ0n) is 17.3. The third kappa shape index (κ3) is 3.15. The van der Waals surface area contributed by atoms with Crippen molar-refractivity contribution >= 4 is 66.5 Å². The molecule has 0 aliphatic rings. The summed E-state index contributed by atoms with van der Waals surface area (Å²) in [6.07, 6.45) is 0. The van der Waals surface area contributed by atoms with Crippen LogP contribution in [0.15, 0.2) is 12.1 Å². The second-order valence-electron chi connectivity index (χ2n) is 8.09. The monoisotopic (exact) mass is 312 g/mol. The molecule has 5 heteroatoms. The van der Waals surface area contributed by atoms with Crippen LogP contribution in [-0.4, -0.2) is 39.2 Å². The molecule has 0 nitrogen and oxygen atoms in total. The van der Waals surface area contributed by atoms with Crippen molar-refractivity contribution in [3.8, 4) is 11.1 Å². The van der Waals surface area contributed by atoms with E-state index in [4.69, 9.17) is 0 Å². The van der Waals surface area contributed by atoms with E-state index in [9.17, 15) is 0 Å². The van der Waals surface area contributed by atoms with Crippen molar-refractivity contribution in [3.05, 3.63) is 28.8 Å². The van der Waals surface area contributed by atoms with E-state index in [-0.39, 0.29) is 0 Å². The minimum atomic E-state index is 0.551. The number of rotatable bonds is 3. The molecule has 0 N–H and O–H groups in total. The van der Waals surface area contributed by atoms with E-state index in [0.29, 0.717) is 11.8 Å². The first-order chi connectivity index (χ1) is 11.1. The first-order valence-corrected chi connectivity index (χ1v) is 9.29. The highest BCUT2D eigenvalue weighted by atomic mass is 14.2. The van der Waals surface area contributed by atoms with Crippen molar-refractivity contribution < 1.29 is 0 Å². The maximum atomic E-state index is 2.44. The van der Waals surface area contributed by atoms with Crippen molar-refractivity contribution in [2.24, 2.45) is 0 Å². The Balaban J connectivity index is 2.92. The minimum absolute atomic E-state index is 0.551. The van der Waals surface area contributed by atoms with Crippen LogP contribution in [0.4, 0.5) is 0 Å². The van der Waals surface area contributed by atoms with Crippen molar-refractivity contribution in [3.63, 3.8) is 0 Å². The van der Waals surface area contributed by atoms with E-state index in [2.05, 4.69) is 86.0 Å². The lowest BCUT2D eigenvalue weighted by Gasteiger charge is -2.25. The Morgan fingerprint density at radius 1 is 0.667 bits per heavy atom. The smallest absolute Gasteiger partial charge is 0.102 e. The van der Waals surface area contributed by atoms with Crippen LogP contribution < -0.4 is 27.3 Å². The van der Waals surface area contributed by atoms with Crippen molar-refractivity contribution in [1.82, 2.24) is 0 Å². The SMILES string of the molecule is Bc1c(B)c(B)c(-c2cc(C(C)C)cc(C(C)C)c2C)c(B)c1B. The van der Waals surface area contributed by atoms with Gasteiger partial charge in [0.25, 0.3) is 0 Å². The van der Waals surface area contributed by atoms with E-state index in [0.717, 1.165) is 0 Å². The fourth-order valence-corrected chi connectivity index (χ4v) is 3.86. The van der Waals surface area contributed by atoms with Crippen LogP contribution in [-0.2, 0) is 0 Å². The highest BCUT2D eigenvalue weighted by Crippen LogP contribution is 2.31. The highest BCUT2D eigenvalue weighted by molar-refractivity contribution is 6.68. The summed E-state index contributed by atoms with van der Waals surface area (Å²) in [5, 5.41) is 0. The Kier molecular flexibility index (Phi) is 5.52.